The molecule has 132 valence electrons. The zero-order chi connectivity index (χ0) is 17.3. The Morgan fingerprint density at radius 2 is 1.29 bits per heavy atom. The molecule has 1 aromatic carbocycles. The van der Waals surface area contributed by atoms with Crippen LogP contribution in [0.2, 0.25) is 0 Å². The maximum atomic E-state index is 6.47. The molecule has 0 spiro atoms. The van der Waals surface area contributed by atoms with Gasteiger partial charge in [0.25, 0.3) is 0 Å². The van der Waals surface area contributed by atoms with Crippen molar-refractivity contribution < 1.29 is 0 Å². The smallest absolute Gasteiger partial charge is 0.0805 e. The molecule has 24 heavy (non-hydrogen) atoms. The van der Waals surface area contributed by atoms with Crippen molar-refractivity contribution in [2.24, 2.45) is 35.0 Å². The molecule has 7 nitrogen and oxygen atoms in total. The fourth-order valence-electron chi connectivity index (χ4n) is 5.84. The maximum absolute atomic E-state index is 6.47. The van der Waals surface area contributed by atoms with Gasteiger partial charge in [-0.2, -0.15) is 0 Å². The lowest BCUT2D eigenvalue weighted by molar-refractivity contribution is 0.120. The third-order valence-electron chi connectivity index (χ3n) is 7.05. The van der Waals surface area contributed by atoms with Crippen LogP contribution in [0.5, 0.6) is 0 Å². The number of hydrogen-bond donors (Lipinski definition) is 7. The predicted molar refractivity (Wildman–Crippen MR) is 98.8 cm³/mol. The molecule has 0 heterocycles. The van der Waals surface area contributed by atoms with Gasteiger partial charge in [-0.15, -0.1) is 0 Å². The van der Waals surface area contributed by atoms with Gasteiger partial charge >= 0.3 is 0 Å². The molecule has 0 aromatic heterocycles. The molecule has 0 radical (unpaired) electrons. The van der Waals surface area contributed by atoms with Crippen LogP contribution in [0.25, 0.3) is 0 Å². The molecular formula is C17H29N7. The molecule has 14 N–H and O–H groups in total. The van der Waals surface area contributed by atoms with Gasteiger partial charge in [0.2, 0.25) is 0 Å². The number of nitrogen functional groups attached to an aromatic ring is 4. The Balaban J connectivity index is 1.80. The summed E-state index contributed by atoms with van der Waals surface area (Å²) < 4.78 is 0. The molecular weight excluding hydrogens is 302 g/mol. The summed E-state index contributed by atoms with van der Waals surface area (Å²) in [6, 6.07) is -0.186. The van der Waals surface area contributed by atoms with Crippen LogP contribution in [0.3, 0.4) is 0 Å². The van der Waals surface area contributed by atoms with E-state index in [1.165, 1.54) is 0 Å². The van der Waals surface area contributed by atoms with Crippen LogP contribution >= 0.6 is 0 Å². The topological polar surface area (TPSA) is 182 Å². The minimum atomic E-state index is -0.126. The van der Waals surface area contributed by atoms with Gasteiger partial charge in [-0.3, -0.25) is 0 Å². The molecule has 7 heteroatoms. The molecule has 4 rings (SSSR count). The average molecular weight is 331 g/mol. The Morgan fingerprint density at radius 1 is 0.625 bits per heavy atom. The first-order valence-electron chi connectivity index (χ1n) is 8.86. The normalized spacial score (nSPS) is 40.7. The van der Waals surface area contributed by atoms with Crippen LogP contribution in [0.15, 0.2) is 0 Å². The number of hydrogen-bond acceptors (Lipinski definition) is 7. The largest absolute Gasteiger partial charge is 0.397 e. The van der Waals surface area contributed by atoms with Crippen molar-refractivity contribution in [3.8, 4) is 0 Å². The van der Waals surface area contributed by atoms with Crippen molar-refractivity contribution in [1.82, 2.24) is 0 Å². The van der Waals surface area contributed by atoms with E-state index in [9.17, 15) is 0 Å². The first-order valence-corrected chi connectivity index (χ1v) is 8.86. The van der Waals surface area contributed by atoms with Gasteiger partial charge < -0.3 is 40.1 Å². The van der Waals surface area contributed by atoms with Gasteiger partial charge in [0.15, 0.2) is 0 Å². The number of benzene rings is 1. The quantitative estimate of drug-likeness (QED) is 0.318. The zero-order valence-corrected chi connectivity index (χ0v) is 13.9. The molecule has 0 aliphatic heterocycles. The lowest BCUT2D eigenvalue weighted by Gasteiger charge is -2.46. The Bertz CT molecular complexity index is 688. The van der Waals surface area contributed by atoms with Crippen molar-refractivity contribution >= 4 is 22.7 Å². The van der Waals surface area contributed by atoms with E-state index in [0.29, 0.717) is 46.4 Å². The van der Waals surface area contributed by atoms with E-state index in [1.807, 2.05) is 0 Å². The van der Waals surface area contributed by atoms with Crippen LogP contribution in [-0.4, -0.2) is 18.1 Å². The maximum Gasteiger partial charge on any atom is 0.0805 e. The SMILES string of the molecule is Nc1c(N)c(N)c2c(c1N)CCC1C2CCC2C(N)C(N)C(N)C12. The summed E-state index contributed by atoms with van der Waals surface area (Å²) in [6.07, 6.45) is 3.94. The summed E-state index contributed by atoms with van der Waals surface area (Å²) in [5, 5.41) is 0. The molecule has 0 amide bonds. The summed E-state index contributed by atoms with van der Waals surface area (Å²) in [7, 11) is 0. The summed E-state index contributed by atoms with van der Waals surface area (Å²) >= 11 is 0. The molecule has 7 unspecified atom stereocenters. The van der Waals surface area contributed by atoms with E-state index in [0.717, 1.165) is 36.8 Å². The molecule has 0 bridgehead atoms. The highest BCUT2D eigenvalue weighted by molar-refractivity contribution is 5.91. The fraction of sp³-hybridized carbons (Fsp3) is 0.647. The molecule has 2 fully saturated rings. The van der Waals surface area contributed by atoms with Gasteiger partial charge in [0.05, 0.1) is 22.7 Å². The second-order valence-electron chi connectivity index (χ2n) is 7.91. The third-order valence-corrected chi connectivity index (χ3v) is 7.05. The first-order chi connectivity index (χ1) is 11.3. The second kappa shape index (κ2) is 5.15. The van der Waals surface area contributed by atoms with Gasteiger partial charge in [-0.05, 0) is 60.5 Å². The molecule has 3 aliphatic carbocycles. The second-order valence-corrected chi connectivity index (χ2v) is 7.91. The summed E-state index contributed by atoms with van der Waals surface area (Å²) in [5.41, 5.74) is 48.1. The lowest BCUT2D eigenvalue weighted by Crippen LogP contribution is -2.49. The fourth-order valence-corrected chi connectivity index (χ4v) is 5.84. The predicted octanol–water partition coefficient (Wildman–Crippen LogP) is -0.317. The van der Waals surface area contributed by atoms with Crippen molar-refractivity contribution in [2.45, 2.75) is 49.7 Å². The van der Waals surface area contributed by atoms with Crippen LogP contribution in [0, 0.1) is 17.8 Å². The van der Waals surface area contributed by atoms with Crippen molar-refractivity contribution in [2.75, 3.05) is 22.9 Å². The Labute approximate surface area is 142 Å². The first kappa shape index (κ1) is 15.8. The monoisotopic (exact) mass is 331 g/mol. The highest BCUT2D eigenvalue weighted by Gasteiger charge is 2.54. The Kier molecular flexibility index (Phi) is 3.39. The molecule has 1 aromatic rings. The third kappa shape index (κ3) is 1.83. The van der Waals surface area contributed by atoms with E-state index in [1.54, 1.807) is 0 Å². The van der Waals surface area contributed by atoms with Gasteiger partial charge in [-0.25, -0.2) is 0 Å². The number of nitrogens with two attached hydrogens (primary N) is 7. The molecule has 0 saturated heterocycles. The summed E-state index contributed by atoms with van der Waals surface area (Å²) in [4.78, 5) is 0. The van der Waals surface area contributed by atoms with E-state index in [4.69, 9.17) is 40.1 Å². The van der Waals surface area contributed by atoms with Crippen molar-refractivity contribution in [3.05, 3.63) is 11.1 Å². The van der Waals surface area contributed by atoms with Gasteiger partial charge in [0, 0.05) is 18.1 Å². The molecule has 7 atom stereocenters. The molecule has 3 aliphatic rings. The Hall–Kier alpha value is -1.70. The van der Waals surface area contributed by atoms with Crippen molar-refractivity contribution in [1.29, 1.82) is 0 Å². The highest BCUT2D eigenvalue weighted by atomic mass is 14.9. The minimum Gasteiger partial charge on any atom is -0.397 e. The van der Waals surface area contributed by atoms with Crippen LogP contribution in [0.1, 0.15) is 36.3 Å². The number of anilines is 4. The van der Waals surface area contributed by atoms with E-state index in [-0.39, 0.29) is 18.1 Å². The summed E-state index contributed by atoms with van der Waals surface area (Å²) in [5.74, 6) is 1.52. The van der Waals surface area contributed by atoms with Crippen LogP contribution in [0.4, 0.5) is 22.7 Å². The highest BCUT2D eigenvalue weighted by Crippen LogP contribution is 2.57. The zero-order valence-electron chi connectivity index (χ0n) is 13.9. The summed E-state index contributed by atoms with van der Waals surface area (Å²) in [6.45, 7) is 0. The number of fused-ring (bicyclic) bond motifs is 5. The number of rotatable bonds is 0. The van der Waals surface area contributed by atoms with E-state index in [2.05, 4.69) is 0 Å². The van der Waals surface area contributed by atoms with Crippen LogP contribution < -0.4 is 40.1 Å². The van der Waals surface area contributed by atoms with E-state index < -0.39 is 0 Å². The van der Waals surface area contributed by atoms with Crippen LogP contribution in [-0.2, 0) is 6.42 Å². The van der Waals surface area contributed by atoms with Gasteiger partial charge in [-0.1, -0.05) is 0 Å². The molecule has 2 saturated carbocycles. The van der Waals surface area contributed by atoms with Gasteiger partial charge in [0.1, 0.15) is 0 Å². The van der Waals surface area contributed by atoms with Crippen molar-refractivity contribution in [3.63, 3.8) is 0 Å². The standard InChI is InChI=1S/C17H29N7/c18-11-7-3-1-6-5(9(7)13(20)15(11)22)2-4-8-10(6)14(21)17(24)16(23)12(8)19/h5-7,9,11,13,15H,1-4,18-24H2. The lowest BCUT2D eigenvalue weighted by atomic mass is 9.59. The Morgan fingerprint density at radius 3 is 2.00 bits per heavy atom. The minimum absolute atomic E-state index is 0.00810. The van der Waals surface area contributed by atoms with E-state index >= 15 is 0 Å². The average Bonchev–Trinajstić information content (AvgIpc) is 2.81.